The van der Waals surface area contributed by atoms with Gasteiger partial charge in [0.05, 0.1) is 0 Å². The smallest absolute Gasteiger partial charge is 0.0470 e. The van der Waals surface area contributed by atoms with Crippen molar-refractivity contribution in [3.63, 3.8) is 0 Å². The number of hydrogen-bond donors (Lipinski definition) is 0. The number of hydrogen-bond acceptors (Lipinski definition) is 0. The highest BCUT2D eigenvalue weighted by Gasteiger charge is 2.15. The molecule has 1 heteroatoms. The van der Waals surface area contributed by atoms with E-state index < -0.39 is 0 Å². The van der Waals surface area contributed by atoms with Gasteiger partial charge in [0, 0.05) is 8.80 Å². The fourth-order valence-corrected chi connectivity index (χ4v) is 0. The van der Waals surface area contributed by atoms with Gasteiger partial charge in [-0.25, -0.2) is 0 Å². The fraction of sp³-hybridized carbons (Fsp3) is 0.750. The summed E-state index contributed by atoms with van der Waals surface area (Å²) in [6.45, 7) is 11.6. The van der Waals surface area contributed by atoms with Gasteiger partial charge in [0.15, 0.2) is 0 Å². The highest BCUT2D eigenvalue weighted by Crippen LogP contribution is 2.25. The second-order valence-corrected chi connectivity index (χ2v) is 6.75. The quantitative estimate of drug-likeness (QED) is 0.359. The predicted molar refractivity (Wildman–Crippen MR) is 47.1 cm³/mol. The molecule has 0 atom stereocenters. The van der Waals surface area contributed by atoms with Gasteiger partial charge in [0.2, 0.25) is 0 Å². The number of rotatable bonds is 0. The van der Waals surface area contributed by atoms with Crippen LogP contribution < -0.4 is 0 Å². The maximum absolute atomic E-state index is 4.00. The Kier molecular flexibility index (Phi) is 5.95. The third-order valence-corrected chi connectivity index (χ3v) is 4.50. The van der Waals surface area contributed by atoms with Gasteiger partial charge in [-0.15, -0.1) is 12.8 Å². The van der Waals surface area contributed by atoms with Gasteiger partial charge in [0.1, 0.15) is 0 Å². The first-order chi connectivity index (χ1) is 3.94. The minimum absolute atomic E-state index is 0.0502. The molecule has 0 aromatic carbocycles. The van der Waals surface area contributed by atoms with Crippen molar-refractivity contribution >= 4 is 8.80 Å². The van der Waals surface area contributed by atoms with Crippen molar-refractivity contribution in [2.75, 3.05) is 0 Å². The minimum atomic E-state index is -0.0502. The van der Waals surface area contributed by atoms with Crippen LogP contribution >= 0.6 is 0 Å². The van der Waals surface area contributed by atoms with Gasteiger partial charge >= 0.3 is 0 Å². The summed E-state index contributed by atoms with van der Waals surface area (Å²) < 4.78 is 0. The van der Waals surface area contributed by atoms with E-state index in [1.54, 1.807) is 0 Å². The van der Waals surface area contributed by atoms with Gasteiger partial charge in [-0.05, 0) is 5.04 Å². The van der Waals surface area contributed by atoms with Crippen LogP contribution in [0.1, 0.15) is 20.8 Å². The lowest BCUT2D eigenvalue weighted by Crippen LogP contribution is -2.16. The third-order valence-electron chi connectivity index (χ3n) is 1.50. The van der Waals surface area contributed by atoms with E-state index in [2.05, 4.69) is 46.7 Å². The maximum Gasteiger partial charge on any atom is 0.0470 e. The molecule has 0 N–H and O–H groups in total. The Labute approximate surface area is 61.3 Å². The molecule has 0 amide bonds. The Morgan fingerprint density at radius 2 is 1.11 bits per heavy atom. The van der Waals surface area contributed by atoms with E-state index in [1.807, 2.05) is 0 Å². The predicted octanol–water partition coefficient (Wildman–Crippen LogP) is 2.79. The van der Waals surface area contributed by atoms with Crippen molar-refractivity contribution in [3.8, 4) is 12.8 Å². The van der Waals surface area contributed by atoms with Crippen LogP contribution in [0.2, 0.25) is 18.1 Å². The first-order valence-electron chi connectivity index (χ1n) is 3.08. The van der Waals surface area contributed by atoms with Crippen LogP contribution in [0.15, 0.2) is 0 Å². The topological polar surface area (TPSA) is 0 Å². The first-order valence-corrected chi connectivity index (χ1v) is 5.58. The highest BCUT2D eigenvalue weighted by atomic mass is 28.3. The zero-order chi connectivity index (χ0) is 8.08. The van der Waals surface area contributed by atoms with Crippen LogP contribution in [0.25, 0.3) is 0 Å². The van der Waals surface area contributed by atoms with Gasteiger partial charge in [-0.3, -0.25) is 0 Å². The van der Waals surface area contributed by atoms with E-state index in [0.29, 0.717) is 5.04 Å². The molecular weight excluding hydrogens is 124 g/mol. The molecule has 0 aliphatic rings. The summed E-state index contributed by atoms with van der Waals surface area (Å²) in [4.78, 5) is 0. The van der Waals surface area contributed by atoms with Crippen LogP contribution in [0, 0.1) is 12.8 Å². The molecule has 1 radical (unpaired) electrons. The van der Waals surface area contributed by atoms with Crippen molar-refractivity contribution in [1.29, 1.82) is 0 Å². The summed E-state index contributed by atoms with van der Waals surface area (Å²) in [7, 11) is -0.0502. The molecule has 0 unspecified atom stereocenters. The molecule has 53 valence electrons. The molecule has 0 rings (SSSR count). The van der Waals surface area contributed by atoms with Crippen molar-refractivity contribution < 1.29 is 0 Å². The van der Waals surface area contributed by atoms with Crippen LogP contribution in [-0.4, -0.2) is 8.80 Å². The molecule has 0 fully saturated rings. The largest absolute Gasteiger partial charge is 0.124 e. The van der Waals surface area contributed by atoms with Crippen molar-refractivity contribution in [2.45, 2.75) is 38.9 Å². The molecule has 0 spiro atoms. The zero-order valence-corrected chi connectivity index (χ0v) is 8.15. The molecular formula is C8H17Si. The average Bonchev–Trinajstić information content (AvgIpc) is 1.69. The Hall–Kier alpha value is -0.223. The lowest BCUT2D eigenvalue weighted by atomic mass is 10.2. The maximum atomic E-state index is 4.00. The first kappa shape index (κ1) is 11.6. The average molecular weight is 141 g/mol. The Morgan fingerprint density at radius 1 is 1.00 bits per heavy atom. The molecule has 0 aliphatic carbocycles. The highest BCUT2D eigenvalue weighted by molar-refractivity contribution is 6.59. The summed E-state index contributed by atoms with van der Waals surface area (Å²) in [6, 6.07) is 0. The van der Waals surface area contributed by atoms with E-state index >= 15 is 0 Å². The van der Waals surface area contributed by atoms with Crippen LogP contribution in [0.5, 0.6) is 0 Å². The molecule has 0 heterocycles. The van der Waals surface area contributed by atoms with E-state index in [9.17, 15) is 0 Å². The minimum Gasteiger partial charge on any atom is -0.124 e. The summed E-state index contributed by atoms with van der Waals surface area (Å²) in [5.74, 6) is 0. The van der Waals surface area contributed by atoms with Crippen molar-refractivity contribution in [2.24, 2.45) is 0 Å². The molecule has 0 bridgehead atoms. The third kappa shape index (κ3) is 7.78. The molecule has 0 saturated heterocycles. The number of terminal acetylenes is 1. The van der Waals surface area contributed by atoms with Gasteiger partial charge in [-0.1, -0.05) is 33.9 Å². The van der Waals surface area contributed by atoms with Crippen molar-refractivity contribution in [3.05, 3.63) is 0 Å². The van der Waals surface area contributed by atoms with Crippen molar-refractivity contribution in [1.82, 2.24) is 0 Å². The Morgan fingerprint density at radius 3 is 1.11 bits per heavy atom. The molecule has 0 aliphatic heterocycles. The summed E-state index contributed by atoms with van der Waals surface area (Å²) in [5.41, 5.74) is 0. The standard InChI is InChI=1S/C6H15Si.C2H2/c1-6(2,3)7(4)5;1-2/h1-5H3;1-2H. The lowest BCUT2D eigenvalue weighted by molar-refractivity contribution is 0.742. The van der Waals surface area contributed by atoms with E-state index in [4.69, 9.17) is 0 Å². The second kappa shape index (κ2) is 4.64. The second-order valence-electron chi connectivity index (χ2n) is 3.25. The normalized spacial score (nSPS) is 10.2. The monoisotopic (exact) mass is 141 g/mol. The summed E-state index contributed by atoms with van der Waals surface area (Å²) in [5, 5.41) is 0.602. The Bertz CT molecular complexity index is 74.3. The SMILES string of the molecule is C#C.C[Si](C)C(C)(C)C. The van der Waals surface area contributed by atoms with E-state index in [-0.39, 0.29) is 8.80 Å². The summed E-state index contributed by atoms with van der Waals surface area (Å²) >= 11 is 0. The molecule has 0 saturated carbocycles. The van der Waals surface area contributed by atoms with Gasteiger partial charge in [-0.2, -0.15) is 0 Å². The fourth-order valence-electron chi connectivity index (χ4n) is 0. The molecule has 9 heavy (non-hydrogen) atoms. The summed E-state index contributed by atoms with van der Waals surface area (Å²) in [6.07, 6.45) is 8.00. The zero-order valence-electron chi connectivity index (χ0n) is 7.15. The lowest BCUT2D eigenvalue weighted by Gasteiger charge is -2.20. The van der Waals surface area contributed by atoms with Gasteiger partial charge < -0.3 is 0 Å². The molecule has 0 aromatic heterocycles. The van der Waals surface area contributed by atoms with Gasteiger partial charge in [0.25, 0.3) is 0 Å². The molecule has 0 nitrogen and oxygen atoms in total. The van der Waals surface area contributed by atoms with E-state index in [0.717, 1.165) is 0 Å². The van der Waals surface area contributed by atoms with Crippen LogP contribution in [0.3, 0.4) is 0 Å². The van der Waals surface area contributed by atoms with E-state index in [1.165, 1.54) is 0 Å². The van der Waals surface area contributed by atoms with Crippen LogP contribution in [0.4, 0.5) is 0 Å². The Balaban J connectivity index is 0. The molecule has 0 aromatic rings. The van der Waals surface area contributed by atoms with Crippen LogP contribution in [-0.2, 0) is 0 Å².